The van der Waals surface area contributed by atoms with Gasteiger partial charge in [0.05, 0.1) is 6.33 Å². The molecular weight excluding hydrogens is 230 g/mol. The van der Waals surface area contributed by atoms with Crippen LogP contribution in [-0.2, 0) is 6.54 Å². The van der Waals surface area contributed by atoms with Crippen LogP contribution >= 0.6 is 0 Å². The molecule has 0 unspecified atom stereocenters. The molecule has 0 radical (unpaired) electrons. The third kappa shape index (κ3) is 2.82. The molecule has 2 heterocycles. The summed E-state index contributed by atoms with van der Waals surface area (Å²) in [7, 11) is -0.960. The van der Waals surface area contributed by atoms with E-state index in [1.807, 2.05) is 0 Å². The first-order valence-electron chi connectivity index (χ1n) is 5.89. The quantitative estimate of drug-likeness (QED) is 0.843. The van der Waals surface area contributed by atoms with Crippen molar-refractivity contribution >= 4 is 25.1 Å². The van der Waals surface area contributed by atoms with Gasteiger partial charge < -0.3 is 10.3 Å². The second-order valence-electron chi connectivity index (χ2n) is 5.53. The summed E-state index contributed by atoms with van der Waals surface area (Å²) >= 11 is 0. The largest absolute Gasteiger partial charge is 0.382 e. The molecule has 0 spiro atoms. The number of nitrogens with two attached hydrogens (primary N) is 1. The number of fused-ring (bicyclic) bond motifs is 1. The zero-order valence-corrected chi connectivity index (χ0v) is 11.6. The number of aryl methyl sites for hydroxylation is 1. The van der Waals surface area contributed by atoms with E-state index < -0.39 is 8.07 Å². The van der Waals surface area contributed by atoms with Crippen molar-refractivity contribution in [1.82, 2.24) is 19.5 Å². The van der Waals surface area contributed by atoms with Crippen molar-refractivity contribution in [3.05, 3.63) is 12.7 Å². The van der Waals surface area contributed by atoms with Crippen LogP contribution in [-0.4, -0.2) is 27.6 Å². The van der Waals surface area contributed by atoms with E-state index in [9.17, 15) is 0 Å². The smallest absolute Gasteiger partial charge is 0.165 e. The Morgan fingerprint density at radius 3 is 2.71 bits per heavy atom. The third-order valence-electron chi connectivity index (χ3n) is 2.76. The first-order chi connectivity index (χ1) is 7.97. The molecule has 17 heavy (non-hydrogen) atoms. The minimum atomic E-state index is -0.960. The Balaban J connectivity index is 2.12. The van der Waals surface area contributed by atoms with Gasteiger partial charge in [0.25, 0.3) is 0 Å². The predicted octanol–water partition coefficient (Wildman–Crippen LogP) is 2.14. The molecule has 0 aromatic carbocycles. The minimum absolute atomic E-state index is 0.457. The molecule has 0 aliphatic carbocycles. The normalized spacial score (nSPS) is 12.2. The summed E-state index contributed by atoms with van der Waals surface area (Å²) in [6.45, 7) is 8.12. The van der Waals surface area contributed by atoms with Crippen molar-refractivity contribution < 1.29 is 0 Å². The van der Waals surface area contributed by atoms with Gasteiger partial charge in [0, 0.05) is 14.6 Å². The number of nitrogen functional groups attached to an aromatic ring is 1. The molecule has 2 rings (SSSR count). The first kappa shape index (κ1) is 12.0. The first-order valence-corrected chi connectivity index (χ1v) is 9.59. The lowest BCUT2D eigenvalue weighted by Gasteiger charge is -2.15. The summed E-state index contributed by atoms with van der Waals surface area (Å²) < 4.78 is 2.06. The van der Waals surface area contributed by atoms with Crippen LogP contribution in [0.25, 0.3) is 11.2 Å². The standard InChI is InChI=1S/C11H19N5Si/c1-17(2,3)6-4-5-16-8-15-9-10(12)13-7-14-11(9)16/h7-8H,4-6H2,1-3H3,(H2,12,13,14). The fraction of sp³-hybridized carbons (Fsp3) is 0.545. The molecule has 6 heteroatoms. The number of anilines is 1. The lowest BCUT2D eigenvalue weighted by atomic mass is 10.4. The van der Waals surface area contributed by atoms with Crippen molar-refractivity contribution in [2.24, 2.45) is 0 Å². The highest BCUT2D eigenvalue weighted by atomic mass is 28.3. The molecule has 0 atom stereocenters. The van der Waals surface area contributed by atoms with Crippen LogP contribution in [0.3, 0.4) is 0 Å². The summed E-state index contributed by atoms with van der Waals surface area (Å²) in [6.07, 6.45) is 4.47. The molecule has 2 aromatic heterocycles. The van der Waals surface area contributed by atoms with Crippen LogP contribution < -0.4 is 5.73 Å². The van der Waals surface area contributed by atoms with E-state index in [0.717, 1.165) is 12.2 Å². The molecule has 0 amide bonds. The molecule has 92 valence electrons. The van der Waals surface area contributed by atoms with E-state index >= 15 is 0 Å². The Kier molecular flexibility index (Phi) is 3.15. The number of nitrogens with zero attached hydrogens (tertiary/aromatic N) is 4. The average molecular weight is 249 g/mol. The van der Waals surface area contributed by atoms with E-state index in [1.54, 1.807) is 6.33 Å². The molecular formula is C11H19N5Si. The maximum absolute atomic E-state index is 5.75. The van der Waals surface area contributed by atoms with Gasteiger partial charge in [-0.1, -0.05) is 25.7 Å². The van der Waals surface area contributed by atoms with Crippen LogP contribution in [0.1, 0.15) is 6.42 Å². The van der Waals surface area contributed by atoms with Crippen LogP contribution in [0.5, 0.6) is 0 Å². The molecule has 5 nitrogen and oxygen atoms in total. The summed E-state index contributed by atoms with van der Waals surface area (Å²) in [4.78, 5) is 12.4. The van der Waals surface area contributed by atoms with E-state index in [4.69, 9.17) is 5.73 Å². The molecule has 0 aliphatic rings. The molecule has 0 saturated heterocycles. The lowest BCUT2D eigenvalue weighted by molar-refractivity contribution is 0.685. The van der Waals surface area contributed by atoms with Gasteiger partial charge >= 0.3 is 0 Å². The zero-order chi connectivity index (χ0) is 12.5. The van der Waals surface area contributed by atoms with E-state index in [0.29, 0.717) is 11.3 Å². The van der Waals surface area contributed by atoms with E-state index in [-0.39, 0.29) is 0 Å². The van der Waals surface area contributed by atoms with Crippen molar-refractivity contribution in [3.8, 4) is 0 Å². The maximum atomic E-state index is 5.75. The highest BCUT2D eigenvalue weighted by molar-refractivity contribution is 6.76. The second kappa shape index (κ2) is 4.44. The topological polar surface area (TPSA) is 69.6 Å². The van der Waals surface area contributed by atoms with Crippen molar-refractivity contribution in [2.45, 2.75) is 38.7 Å². The number of hydrogen-bond acceptors (Lipinski definition) is 4. The monoisotopic (exact) mass is 249 g/mol. The Labute approximate surface area is 102 Å². The van der Waals surface area contributed by atoms with E-state index in [1.165, 1.54) is 18.8 Å². The molecule has 0 saturated carbocycles. The van der Waals surface area contributed by atoms with Gasteiger partial charge in [-0.3, -0.25) is 0 Å². The SMILES string of the molecule is C[Si](C)(C)CCCn1cnc2c(N)ncnc21. The molecule has 0 fully saturated rings. The van der Waals surface area contributed by atoms with Gasteiger partial charge in [-0.25, -0.2) is 15.0 Å². The number of rotatable bonds is 4. The average Bonchev–Trinajstić information content (AvgIpc) is 2.61. The maximum Gasteiger partial charge on any atom is 0.165 e. The van der Waals surface area contributed by atoms with Gasteiger partial charge in [-0.05, 0) is 6.42 Å². The fourth-order valence-corrected chi connectivity index (χ4v) is 3.06. The number of hydrogen-bond donors (Lipinski definition) is 1. The molecule has 0 aliphatic heterocycles. The van der Waals surface area contributed by atoms with Crippen LogP contribution in [0.15, 0.2) is 12.7 Å². The summed E-state index contributed by atoms with van der Waals surface area (Å²) in [6, 6.07) is 1.31. The molecule has 0 bridgehead atoms. The Hall–Kier alpha value is -1.43. The van der Waals surface area contributed by atoms with Crippen molar-refractivity contribution in [1.29, 1.82) is 0 Å². The highest BCUT2D eigenvalue weighted by Gasteiger charge is 2.13. The van der Waals surface area contributed by atoms with Crippen molar-refractivity contribution in [2.75, 3.05) is 5.73 Å². The molecule has 2 aromatic rings. The fourth-order valence-electron chi connectivity index (χ4n) is 1.84. The number of aromatic nitrogens is 4. The number of imidazole rings is 1. The van der Waals surface area contributed by atoms with Gasteiger partial charge in [-0.15, -0.1) is 0 Å². The minimum Gasteiger partial charge on any atom is -0.382 e. The Morgan fingerprint density at radius 1 is 1.24 bits per heavy atom. The summed E-state index contributed by atoms with van der Waals surface area (Å²) in [5.74, 6) is 0.457. The second-order valence-corrected chi connectivity index (χ2v) is 11.2. The lowest BCUT2D eigenvalue weighted by Crippen LogP contribution is -2.19. The summed E-state index contributed by atoms with van der Waals surface area (Å²) in [5.41, 5.74) is 7.30. The van der Waals surface area contributed by atoms with Gasteiger partial charge in [0.2, 0.25) is 0 Å². The summed E-state index contributed by atoms with van der Waals surface area (Å²) in [5, 5.41) is 0. The van der Waals surface area contributed by atoms with Crippen LogP contribution in [0, 0.1) is 0 Å². The van der Waals surface area contributed by atoms with Crippen molar-refractivity contribution in [3.63, 3.8) is 0 Å². The third-order valence-corrected chi connectivity index (χ3v) is 4.61. The van der Waals surface area contributed by atoms with Gasteiger partial charge in [0.15, 0.2) is 11.5 Å². The molecule has 2 N–H and O–H groups in total. The van der Waals surface area contributed by atoms with E-state index in [2.05, 4.69) is 39.2 Å². The Bertz CT molecular complexity index is 514. The van der Waals surface area contributed by atoms with Gasteiger partial charge in [-0.2, -0.15) is 0 Å². The zero-order valence-electron chi connectivity index (χ0n) is 10.6. The van der Waals surface area contributed by atoms with Gasteiger partial charge in [0.1, 0.15) is 11.8 Å². The predicted molar refractivity (Wildman–Crippen MR) is 72.5 cm³/mol. The van der Waals surface area contributed by atoms with Crippen LogP contribution in [0.4, 0.5) is 5.82 Å². The Morgan fingerprint density at radius 2 is 2.00 bits per heavy atom. The van der Waals surface area contributed by atoms with Crippen LogP contribution in [0.2, 0.25) is 25.7 Å². The highest BCUT2D eigenvalue weighted by Crippen LogP contribution is 2.16.